The predicted molar refractivity (Wildman–Crippen MR) is 244 cm³/mol. The summed E-state index contributed by atoms with van der Waals surface area (Å²) in [6.07, 6.45) is 0. The summed E-state index contributed by atoms with van der Waals surface area (Å²) in [5.41, 5.74) is 14.6. The highest BCUT2D eigenvalue weighted by Gasteiger charge is 2.28. The van der Waals surface area contributed by atoms with Crippen LogP contribution in [0.3, 0.4) is 0 Å². The monoisotopic (exact) mass is 779 g/mol. The summed E-state index contributed by atoms with van der Waals surface area (Å²) in [6.45, 7) is 5.07. The summed E-state index contributed by atoms with van der Waals surface area (Å²) in [5.74, 6) is 0.351. The molecular weight excluding hydrogens is 737 g/mol. The number of nitrogens with one attached hydrogen (secondary N) is 1. The van der Waals surface area contributed by atoms with Crippen LogP contribution in [0.4, 0.5) is 34.1 Å². The third-order valence-corrected chi connectivity index (χ3v) is 10.7. The molecule has 0 spiro atoms. The van der Waals surface area contributed by atoms with Gasteiger partial charge in [0, 0.05) is 67.3 Å². The van der Waals surface area contributed by atoms with Crippen molar-refractivity contribution in [3.05, 3.63) is 200 Å². The second-order valence-corrected chi connectivity index (χ2v) is 15.3. The van der Waals surface area contributed by atoms with Gasteiger partial charge in [0.2, 0.25) is 0 Å². The average Bonchev–Trinajstić information content (AvgIpc) is 3.92. The van der Waals surface area contributed by atoms with E-state index >= 15 is 0 Å². The maximum atomic E-state index is 5.31. The molecule has 10 aromatic rings. The van der Waals surface area contributed by atoms with E-state index in [9.17, 15) is 0 Å². The fraction of sp³-hybridized carbons (Fsp3) is 0.0769. The maximum Gasteiger partial charge on any atom is 0.265 e. The van der Waals surface area contributed by atoms with Crippen LogP contribution < -0.4 is 14.6 Å². The van der Waals surface area contributed by atoms with Gasteiger partial charge in [-0.2, -0.15) is 15.0 Å². The molecule has 0 amide bonds. The molecule has 2 aromatic heterocycles. The molecule has 0 saturated heterocycles. The molecule has 0 unspecified atom stereocenters. The zero-order valence-corrected chi connectivity index (χ0v) is 33.5. The van der Waals surface area contributed by atoms with Crippen LogP contribution in [0.1, 0.15) is 13.8 Å². The van der Waals surface area contributed by atoms with Gasteiger partial charge < -0.3 is 9.80 Å². The highest BCUT2D eigenvalue weighted by Crippen LogP contribution is 2.43. The van der Waals surface area contributed by atoms with Gasteiger partial charge in [0.25, 0.3) is 5.69 Å². The van der Waals surface area contributed by atoms with E-state index in [0.717, 1.165) is 84.1 Å². The number of hydrogen-bond acceptors (Lipinski definition) is 5. The van der Waals surface area contributed by atoms with E-state index in [0.29, 0.717) is 12.5 Å². The third-order valence-electron chi connectivity index (χ3n) is 10.7. The molecule has 1 N–H and O–H groups in total. The SMILES string of the molecule is CC(C)Cn1nc2c(-c3ccc(N(c4ccccc4)c4ccccc4)cc3)c3n[n+](-c4ccccc4)[nH]c3c(-c3ccc(N(c4ccccc4)c4ccccc4)cc3)c2n1. The topological polar surface area (TPSA) is 69.8 Å². The van der Waals surface area contributed by atoms with Crippen molar-refractivity contribution in [2.75, 3.05) is 9.80 Å². The Balaban J connectivity index is 1.16. The largest absolute Gasteiger partial charge is 0.311 e. The average molecular weight is 780 g/mol. The number of benzene rings is 8. The molecular formula is C52H43N8+. The number of rotatable bonds is 11. The van der Waals surface area contributed by atoms with Gasteiger partial charge in [-0.25, -0.2) is 0 Å². The minimum atomic E-state index is 0.351. The number of para-hydroxylation sites is 5. The molecule has 0 fully saturated rings. The molecule has 0 aliphatic rings. The van der Waals surface area contributed by atoms with Gasteiger partial charge in [-0.15, -0.1) is 5.10 Å². The van der Waals surface area contributed by atoms with Crippen LogP contribution in [-0.4, -0.2) is 25.2 Å². The third kappa shape index (κ3) is 6.94. The first-order valence-corrected chi connectivity index (χ1v) is 20.4. The number of nitrogens with zero attached hydrogens (tertiary/aromatic N) is 7. The van der Waals surface area contributed by atoms with Crippen molar-refractivity contribution < 1.29 is 4.80 Å². The first-order valence-electron chi connectivity index (χ1n) is 20.4. The van der Waals surface area contributed by atoms with Gasteiger partial charge in [-0.05, 0) is 89.8 Å². The van der Waals surface area contributed by atoms with Crippen LogP contribution in [0, 0.1) is 5.92 Å². The summed E-state index contributed by atoms with van der Waals surface area (Å²) < 4.78 is 0. The number of anilines is 6. The lowest BCUT2D eigenvalue weighted by atomic mass is 9.95. The summed E-state index contributed by atoms with van der Waals surface area (Å²) in [5, 5.41) is 19.5. The standard InChI is InChI=1S/C52H43N8/c1-37(2)36-57-53-49-47(38-28-32-44(33-29-38)58(40-18-8-3-9-19-40)41-20-10-4-11-21-41)51-52(56-60(55-51)46-26-16-7-17-27-46)48(50(49)54-57)39-30-34-45(35-31-39)59(42-22-12-5-13-23-42)43-24-14-6-15-25-43/h3-35,37H,36H2,1-2H3,(H,55,56)/q+1. The molecule has 290 valence electrons. The van der Waals surface area contributed by atoms with Gasteiger partial charge in [0.1, 0.15) is 16.6 Å². The van der Waals surface area contributed by atoms with Crippen molar-refractivity contribution in [1.29, 1.82) is 0 Å². The summed E-state index contributed by atoms with van der Waals surface area (Å²) >= 11 is 0. The van der Waals surface area contributed by atoms with Crippen molar-refractivity contribution in [2.45, 2.75) is 20.4 Å². The van der Waals surface area contributed by atoms with Crippen LogP contribution in [0.5, 0.6) is 0 Å². The molecule has 8 nitrogen and oxygen atoms in total. The van der Waals surface area contributed by atoms with E-state index in [4.69, 9.17) is 15.3 Å². The summed E-state index contributed by atoms with van der Waals surface area (Å²) in [6, 6.07) is 69.6. The van der Waals surface area contributed by atoms with E-state index in [1.54, 1.807) is 0 Å². The van der Waals surface area contributed by atoms with E-state index < -0.39 is 0 Å². The highest BCUT2D eigenvalue weighted by atomic mass is 15.5. The number of H-pyrrole nitrogens is 1. The molecule has 0 saturated carbocycles. The number of aromatic amines is 1. The van der Waals surface area contributed by atoms with Crippen molar-refractivity contribution in [3.63, 3.8) is 0 Å². The molecule has 10 rings (SSSR count). The lowest BCUT2D eigenvalue weighted by molar-refractivity contribution is -0.710. The van der Waals surface area contributed by atoms with Gasteiger partial charge in [0.05, 0.1) is 6.54 Å². The van der Waals surface area contributed by atoms with Crippen molar-refractivity contribution in [1.82, 2.24) is 25.2 Å². The van der Waals surface area contributed by atoms with Gasteiger partial charge in [-0.1, -0.05) is 129 Å². The van der Waals surface area contributed by atoms with Crippen LogP contribution in [0.15, 0.2) is 200 Å². The smallest absolute Gasteiger partial charge is 0.265 e. The minimum Gasteiger partial charge on any atom is -0.311 e. The van der Waals surface area contributed by atoms with E-state index in [1.807, 2.05) is 52.1 Å². The Bertz CT molecular complexity index is 2740. The maximum absolute atomic E-state index is 5.31. The highest BCUT2D eigenvalue weighted by molar-refractivity contribution is 6.16. The summed E-state index contributed by atoms with van der Waals surface area (Å²) in [4.78, 5) is 8.26. The van der Waals surface area contributed by atoms with Crippen molar-refractivity contribution >= 4 is 56.2 Å². The molecule has 0 atom stereocenters. The number of hydrogen-bond donors (Lipinski definition) is 1. The number of fused-ring (bicyclic) bond motifs is 2. The lowest BCUT2D eigenvalue weighted by Crippen LogP contribution is -2.35. The molecule has 60 heavy (non-hydrogen) atoms. The Morgan fingerprint density at radius 2 is 0.817 bits per heavy atom. The Labute approximate surface area is 349 Å². The molecule has 0 radical (unpaired) electrons. The van der Waals surface area contributed by atoms with Crippen LogP contribution >= 0.6 is 0 Å². The van der Waals surface area contributed by atoms with Crippen LogP contribution in [0.2, 0.25) is 0 Å². The number of aromatic nitrogens is 6. The Hall–Kier alpha value is -7.84. The quantitative estimate of drug-likeness (QED) is 0.132. The first-order chi connectivity index (χ1) is 29.6. The predicted octanol–water partition coefficient (Wildman–Crippen LogP) is 12.5. The minimum absolute atomic E-state index is 0.351. The Morgan fingerprint density at radius 3 is 1.23 bits per heavy atom. The van der Waals surface area contributed by atoms with Crippen LogP contribution in [-0.2, 0) is 6.54 Å². The van der Waals surface area contributed by atoms with E-state index in [1.165, 1.54) is 0 Å². The van der Waals surface area contributed by atoms with E-state index in [2.05, 4.69) is 186 Å². The van der Waals surface area contributed by atoms with Gasteiger partial charge in [-0.3, -0.25) is 0 Å². The zero-order chi connectivity index (χ0) is 40.4. The molecule has 0 bridgehead atoms. The Morgan fingerprint density at radius 1 is 0.450 bits per heavy atom. The molecule has 8 aromatic carbocycles. The van der Waals surface area contributed by atoms with Crippen LogP contribution in [0.25, 0.3) is 50.0 Å². The Kier molecular flexibility index (Phi) is 9.63. The molecule has 0 aliphatic heterocycles. The second kappa shape index (κ2) is 15.8. The van der Waals surface area contributed by atoms with Gasteiger partial charge >= 0.3 is 0 Å². The van der Waals surface area contributed by atoms with Crippen molar-refractivity contribution in [2.24, 2.45) is 5.92 Å². The molecule has 8 heteroatoms. The normalized spacial score (nSPS) is 11.4. The fourth-order valence-electron chi connectivity index (χ4n) is 8.01. The van der Waals surface area contributed by atoms with Crippen molar-refractivity contribution in [3.8, 4) is 27.9 Å². The van der Waals surface area contributed by atoms with Gasteiger partial charge in [0.15, 0.2) is 5.52 Å². The van der Waals surface area contributed by atoms with E-state index in [-0.39, 0.29) is 0 Å². The first kappa shape index (κ1) is 36.5. The fourth-order valence-corrected chi connectivity index (χ4v) is 8.01. The second-order valence-electron chi connectivity index (χ2n) is 15.3. The lowest BCUT2D eigenvalue weighted by Gasteiger charge is -2.25. The molecule has 2 heterocycles. The summed E-state index contributed by atoms with van der Waals surface area (Å²) in [7, 11) is 0. The molecule has 0 aliphatic carbocycles. The zero-order valence-electron chi connectivity index (χ0n) is 33.5.